The van der Waals surface area contributed by atoms with E-state index >= 15 is 0 Å². The van der Waals surface area contributed by atoms with Crippen LogP contribution in [0.3, 0.4) is 0 Å². The van der Waals surface area contributed by atoms with Crippen molar-refractivity contribution in [1.29, 1.82) is 0 Å². The van der Waals surface area contributed by atoms with E-state index in [0.717, 1.165) is 0 Å². The molecule has 0 radical (unpaired) electrons. The van der Waals surface area contributed by atoms with Crippen molar-refractivity contribution in [2.45, 2.75) is 219 Å². The molecule has 0 amide bonds. The van der Waals surface area contributed by atoms with Gasteiger partial charge in [0.05, 0.1) is 0 Å². The van der Waals surface area contributed by atoms with E-state index in [1.54, 1.807) is 193 Å². The van der Waals surface area contributed by atoms with Crippen molar-refractivity contribution >= 4 is 0 Å². The Morgan fingerprint density at radius 2 is 0.316 bits per heavy atom. The molecule has 230 valence electrons. The van der Waals surface area contributed by atoms with E-state index in [1.807, 2.05) is 0 Å². The van der Waals surface area contributed by atoms with Crippen molar-refractivity contribution in [3.63, 3.8) is 0 Å². The van der Waals surface area contributed by atoms with Gasteiger partial charge in [0.1, 0.15) is 0 Å². The topological polar surface area (TPSA) is 0 Å². The Morgan fingerprint density at radius 3 is 0.447 bits per heavy atom. The predicted octanol–water partition coefficient (Wildman–Crippen LogP) is 13.7. The first-order valence-corrected chi connectivity index (χ1v) is 23.4. The Kier molecular flexibility index (Phi) is 14.1. The van der Waals surface area contributed by atoms with Crippen molar-refractivity contribution in [2.24, 2.45) is 0 Å². The molecule has 38 heavy (non-hydrogen) atoms. The van der Waals surface area contributed by atoms with Crippen molar-refractivity contribution in [2.75, 3.05) is 0 Å². The van der Waals surface area contributed by atoms with Crippen LogP contribution in [0.25, 0.3) is 0 Å². The van der Waals surface area contributed by atoms with Gasteiger partial charge in [0.15, 0.2) is 0 Å². The van der Waals surface area contributed by atoms with Crippen molar-refractivity contribution < 1.29 is 33.5 Å². The van der Waals surface area contributed by atoms with Gasteiger partial charge in [0.25, 0.3) is 0 Å². The molecule has 6 saturated carbocycles. The molecule has 0 spiro atoms. The van der Waals surface area contributed by atoms with Crippen LogP contribution in [-0.2, 0) is 33.5 Å². The second kappa shape index (κ2) is 17.4. The van der Waals surface area contributed by atoms with E-state index in [1.165, 1.54) is 26.3 Å². The van der Waals surface area contributed by atoms with Crippen molar-refractivity contribution in [3.8, 4) is 0 Å². The van der Waals surface area contributed by atoms with Gasteiger partial charge in [-0.2, -0.15) is 0 Å². The van der Waals surface area contributed by atoms with E-state index < -0.39 is 0 Å². The third-order valence-electron chi connectivity index (χ3n) is 10.8. The molecule has 0 aromatic carbocycles. The van der Waals surface area contributed by atoms with Gasteiger partial charge in [0.2, 0.25) is 0 Å². The zero-order valence-electron chi connectivity index (χ0n) is 25.3. The van der Waals surface area contributed by atoms with Gasteiger partial charge in [-0.1, -0.05) is 0 Å². The van der Waals surface area contributed by atoms with Crippen LogP contribution in [0.1, 0.15) is 193 Å². The zero-order valence-corrected chi connectivity index (χ0v) is 28.4. The first-order chi connectivity index (χ1) is 18.9. The van der Waals surface area contributed by atoms with Crippen molar-refractivity contribution in [1.82, 2.24) is 0 Å². The summed E-state index contributed by atoms with van der Waals surface area (Å²) in [5.41, 5.74) is 0. The fourth-order valence-corrected chi connectivity index (χ4v) is 24.9. The maximum atomic E-state index is 1.63. The number of hydrogen-bond donors (Lipinski definition) is 0. The Labute approximate surface area is 251 Å². The molecule has 0 nitrogen and oxygen atoms in total. The summed E-state index contributed by atoms with van der Waals surface area (Å²) >= 11 is -0.438. The predicted molar refractivity (Wildman–Crippen MR) is 161 cm³/mol. The maximum absolute atomic E-state index is 1.63. The quantitative estimate of drug-likeness (QED) is 0.241. The van der Waals surface area contributed by atoms with E-state index in [-0.39, 0.29) is 33.5 Å². The van der Waals surface area contributed by atoms with Crippen molar-refractivity contribution in [3.05, 3.63) is 0 Å². The molecule has 0 unspecified atom stereocenters. The number of rotatable bonds is 6. The van der Waals surface area contributed by atoms with Crippen LogP contribution < -0.4 is 0 Å². The van der Waals surface area contributed by atoms with Crippen LogP contribution in [-0.4, -0.2) is 0 Å². The monoisotopic (exact) mass is 710 g/mol. The summed E-state index contributed by atoms with van der Waals surface area (Å²) in [7, 11) is 0. The fourth-order valence-electron chi connectivity index (χ4n) is 8.70. The summed E-state index contributed by atoms with van der Waals surface area (Å²) in [6, 6.07) is 0. The van der Waals surface area contributed by atoms with Crippen LogP contribution in [0.4, 0.5) is 0 Å². The molecular formula is C36H66Pd2. The fraction of sp³-hybridized carbons (Fsp3) is 1.00. The minimum atomic E-state index is -0.219. The SMILES string of the molecule is C1CC[CH]([Pd]([CH]2CCCCC2)[CH]2CCCCC2)CC1.C1CC[CH]([Pd]([CH]2CCCCC2)[CH]2CCCCC2)CC1. The van der Waals surface area contributed by atoms with Gasteiger partial charge in [-0.25, -0.2) is 0 Å². The van der Waals surface area contributed by atoms with Gasteiger partial charge in [-0.15, -0.1) is 0 Å². The summed E-state index contributed by atoms with van der Waals surface area (Å²) in [4.78, 5) is 0. The van der Waals surface area contributed by atoms with E-state index in [2.05, 4.69) is 0 Å². The second-order valence-corrected chi connectivity index (χ2v) is 24.5. The average molecular weight is 712 g/mol. The van der Waals surface area contributed by atoms with E-state index in [9.17, 15) is 0 Å². The Hall–Kier alpha value is 1.32. The first kappa shape index (κ1) is 30.8. The molecule has 6 rings (SSSR count). The summed E-state index contributed by atoms with van der Waals surface area (Å²) in [5.74, 6) is 0. The molecule has 0 saturated heterocycles. The molecule has 0 bridgehead atoms. The molecule has 0 heterocycles. The molecule has 0 N–H and O–H groups in total. The zero-order chi connectivity index (χ0) is 25.8. The molecule has 6 aliphatic rings. The van der Waals surface area contributed by atoms with Crippen LogP contribution in [0.15, 0.2) is 0 Å². The van der Waals surface area contributed by atoms with E-state index in [4.69, 9.17) is 0 Å². The van der Waals surface area contributed by atoms with Crippen LogP contribution in [0, 0.1) is 0 Å². The van der Waals surface area contributed by atoms with Crippen LogP contribution in [0.2, 0.25) is 26.3 Å². The van der Waals surface area contributed by atoms with Gasteiger partial charge in [-0.05, 0) is 0 Å². The summed E-state index contributed by atoms with van der Waals surface area (Å²) in [6.45, 7) is 0. The first-order valence-electron chi connectivity index (χ1n) is 18.0. The Balaban J connectivity index is 0.000000155. The number of hydrogen-bond acceptors (Lipinski definition) is 0. The Bertz CT molecular complexity index is 457. The third kappa shape index (κ3) is 9.16. The molecule has 6 aliphatic carbocycles. The summed E-state index contributed by atoms with van der Waals surface area (Å²) in [6.07, 6.45) is 47.7. The average Bonchev–Trinajstić information content (AvgIpc) is 3.01. The molecule has 0 aromatic rings. The molecule has 6 fully saturated rings. The van der Waals surface area contributed by atoms with Gasteiger partial charge in [0, 0.05) is 0 Å². The molecule has 0 aliphatic heterocycles. The van der Waals surface area contributed by atoms with E-state index in [0.29, 0.717) is 0 Å². The Morgan fingerprint density at radius 1 is 0.184 bits per heavy atom. The van der Waals surface area contributed by atoms with Gasteiger partial charge in [-0.3, -0.25) is 0 Å². The summed E-state index contributed by atoms with van der Waals surface area (Å²) < 4.78 is 7.45. The summed E-state index contributed by atoms with van der Waals surface area (Å²) in [5, 5.41) is 0. The van der Waals surface area contributed by atoms with Crippen LogP contribution in [0.5, 0.6) is 0 Å². The van der Waals surface area contributed by atoms with Crippen LogP contribution >= 0.6 is 0 Å². The van der Waals surface area contributed by atoms with Gasteiger partial charge >= 0.3 is 252 Å². The third-order valence-corrected chi connectivity index (χ3v) is 25.0. The standard InChI is InChI=1S/6C6H11.2Pd/c6*1-2-4-6-5-3-1;;/h6*1H,2-6H2;;. The molecular weight excluding hydrogens is 645 g/mol. The normalized spacial score (nSPS) is 29.4. The molecule has 0 aromatic heterocycles. The minimum absolute atomic E-state index is 0.219. The second-order valence-electron chi connectivity index (χ2n) is 13.7. The molecule has 2 heteroatoms. The van der Waals surface area contributed by atoms with Gasteiger partial charge < -0.3 is 0 Å². The molecule has 0 atom stereocenters.